The van der Waals surface area contributed by atoms with Gasteiger partial charge in [-0.3, -0.25) is 4.79 Å². The van der Waals surface area contributed by atoms with E-state index in [0.717, 1.165) is 28.8 Å². The zero-order valence-electron chi connectivity index (χ0n) is 16.7. The zero-order chi connectivity index (χ0) is 20.9. The average Bonchev–Trinajstić information content (AvgIpc) is 3.46. The summed E-state index contributed by atoms with van der Waals surface area (Å²) in [7, 11) is 0. The molecule has 0 aliphatic heterocycles. The van der Waals surface area contributed by atoms with E-state index in [0.29, 0.717) is 11.6 Å². The van der Waals surface area contributed by atoms with Crippen molar-refractivity contribution in [3.05, 3.63) is 83.8 Å². The number of nitrogens with one attached hydrogen (secondary N) is 1. The highest BCUT2D eigenvalue weighted by atomic mass is 16.3. The SMILES string of the molecule is CCc1cccc(C)c1NC(=O)C(=Cc1ccco1)n1nnnc1-c1ccccc1. The van der Waals surface area contributed by atoms with E-state index >= 15 is 0 Å². The molecule has 0 spiro atoms. The van der Waals surface area contributed by atoms with Crippen molar-refractivity contribution in [3.63, 3.8) is 0 Å². The maximum atomic E-state index is 13.4. The lowest BCUT2D eigenvalue weighted by Crippen LogP contribution is -2.20. The van der Waals surface area contributed by atoms with Crippen molar-refractivity contribution in [2.45, 2.75) is 20.3 Å². The molecule has 0 unspecified atom stereocenters. The minimum absolute atomic E-state index is 0.249. The number of carbonyl (C=O) groups is 1. The summed E-state index contributed by atoms with van der Waals surface area (Å²) in [4.78, 5) is 13.4. The summed E-state index contributed by atoms with van der Waals surface area (Å²) in [6.07, 6.45) is 3.98. The van der Waals surface area contributed by atoms with E-state index in [1.54, 1.807) is 24.5 Å². The first-order valence-electron chi connectivity index (χ1n) is 9.66. The van der Waals surface area contributed by atoms with E-state index in [1.807, 2.05) is 55.5 Å². The monoisotopic (exact) mass is 399 g/mol. The molecule has 4 rings (SSSR count). The predicted octanol–water partition coefficient (Wildman–Crippen LogP) is 4.44. The van der Waals surface area contributed by atoms with Gasteiger partial charge in [0.2, 0.25) is 0 Å². The third kappa shape index (κ3) is 3.91. The van der Waals surface area contributed by atoms with Crippen LogP contribution in [0.5, 0.6) is 0 Å². The number of carbonyl (C=O) groups excluding carboxylic acids is 1. The third-order valence-electron chi connectivity index (χ3n) is 4.76. The first kappa shape index (κ1) is 19.3. The van der Waals surface area contributed by atoms with E-state index in [4.69, 9.17) is 4.42 Å². The molecule has 7 nitrogen and oxygen atoms in total. The van der Waals surface area contributed by atoms with Gasteiger partial charge in [-0.25, -0.2) is 0 Å². The van der Waals surface area contributed by atoms with Gasteiger partial charge in [0.15, 0.2) is 5.82 Å². The maximum Gasteiger partial charge on any atom is 0.274 e. The Bertz CT molecular complexity index is 1180. The maximum absolute atomic E-state index is 13.4. The molecule has 2 aromatic heterocycles. The van der Waals surface area contributed by atoms with E-state index in [9.17, 15) is 4.79 Å². The van der Waals surface area contributed by atoms with Crippen molar-refractivity contribution in [1.29, 1.82) is 0 Å². The molecule has 30 heavy (non-hydrogen) atoms. The molecule has 0 aliphatic carbocycles. The summed E-state index contributed by atoms with van der Waals surface area (Å²) in [5.74, 6) is 0.652. The van der Waals surface area contributed by atoms with Gasteiger partial charge in [0.05, 0.1) is 6.26 Å². The Kier molecular flexibility index (Phi) is 5.52. The van der Waals surface area contributed by atoms with Crippen LogP contribution in [0.1, 0.15) is 23.8 Å². The number of furan rings is 1. The van der Waals surface area contributed by atoms with Gasteiger partial charge < -0.3 is 9.73 Å². The number of aromatic nitrogens is 4. The predicted molar refractivity (Wildman–Crippen MR) is 115 cm³/mol. The Balaban J connectivity index is 1.78. The van der Waals surface area contributed by atoms with E-state index in [-0.39, 0.29) is 11.6 Å². The number of amides is 1. The normalized spacial score (nSPS) is 11.5. The third-order valence-corrected chi connectivity index (χ3v) is 4.76. The Labute approximate surface area is 174 Å². The molecule has 7 heteroatoms. The standard InChI is InChI=1S/C23H21N5O2/c1-3-17-12-7-9-16(2)21(17)24-23(29)20(15-19-13-8-14-30-19)28-22(25-26-27-28)18-10-5-4-6-11-18/h4-15H,3H2,1-2H3,(H,24,29). The number of hydrogen-bond acceptors (Lipinski definition) is 5. The zero-order valence-corrected chi connectivity index (χ0v) is 16.7. The van der Waals surface area contributed by atoms with Gasteiger partial charge in [0, 0.05) is 17.3 Å². The van der Waals surface area contributed by atoms with Crippen LogP contribution in [0, 0.1) is 6.92 Å². The van der Waals surface area contributed by atoms with Gasteiger partial charge in [-0.15, -0.1) is 5.10 Å². The molecule has 150 valence electrons. The molecule has 0 saturated carbocycles. The Hall–Kier alpha value is -4.00. The van der Waals surface area contributed by atoms with Crippen molar-refractivity contribution < 1.29 is 9.21 Å². The van der Waals surface area contributed by atoms with Crippen molar-refractivity contribution in [2.75, 3.05) is 5.32 Å². The molecule has 0 bridgehead atoms. The summed E-state index contributed by atoms with van der Waals surface area (Å²) in [6.45, 7) is 4.02. The van der Waals surface area contributed by atoms with E-state index in [2.05, 4.69) is 27.8 Å². The van der Waals surface area contributed by atoms with Crippen molar-refractivity contribution in [3.8, 4) is 11.4 Å². The first-order chi connectivity index (χ1) is 14.7. The molecular weight excluding hydrogens is 378 g/mol. The number of rotatable bonds is 6. The fourth-order valence-corrected chi connectivity index (χ4v) is 3.23. The molecule has 2 heterocycles. The Morgan fingerprint density at radius 3 is 2.67 bits per heavy atom. The summed E-state index contributed by atoms with van der Waals surface area (Å²) in [5, 5.41) is 15.1. The molecule has 1 N–H and O–H groups in total. The van der Waals surface area contributed by atoms with Crippen LogP contribution in [0.2, 0.25) is 0 Å². The van der Waals surface area contributed by atoms with Crippen LogP contribution in [0.3, 0.4) is 0 Å². The highest BCUT2D eigenvalue weighted by Gasteiger charge is 2.21. The minimum atomic E-state index is -0.333. The molecule has 2 aromatic carbocycles. The lowest BCUT2D eigenvalue weighted by Gasteiger charge is -2.15. The van der Waals surface area contributed by atoms with Crippen LogP contribution in [0.25, 0.3) is 23.2 Å². The van der Waals surface area contributed by atoms with Crippen LogP contribution in [-0.2, 0) is 11.2 Å². The molecule has 0 fully saturated rings. The number of aryl methyl sites for hydroxylation is 2. The highest BCUT2D eigenvalue weighted by Crippen LogP contribution is 2.25. The minimum Gasteiger partial charge on any atom is -0.465 e. The van der Waals surface area contributed by atoms with Crippen LogP contribution in [0.15, 0.2) is 71.3 Å². The molecule has 0 aliphatic rings. The van der Waals surface area contributed by atoms with Crippen LogP contribution in [0.4, 0.5) is 5.69 Å². The van der Waals surface area contributed by atoms with Crippen LogP contribution >= 0.6 is 0 Å². The molecule has 0 saturated heterocycles. The Morgan fingerprint density at radius 1 is 1.10 bits per heavy atom. The summed E-state index contributed by atoms with van der Waals surface area (Å²) < 4.78 is 6.87. The summed E-state index contributed by atoms with van der Waals surface area (Å²) >= 11 is 0. The van der Waals surface area contributed by atoms with Crippen molar-refractivity contribution >= 4 is 23.4 Å². The smallest absolute Gasteiger partial charge is 0.274 e. The first-order valence-corrected chi connectivity index (χ1v) is 9.66. The van der Waals surface area contributed by atoms with Gasteiger partial charge in [-0.2, -0.15) is 4.68 Å². The van der Waals surface area contributed by atoms with Crippen LogP contribution < -0.4 is 5.32 Å². The second-order valence-corrected chi connectivity index (χ2v) is 6.74. The van der Waals surface area contributed by atoms with E-state index in [1.165, 1.54) is 4.68 Å². The van der Waals surface area contributed by atoms with E-state index < -0.39 is 0 Å². The molecule has 1 amide bonds. The number of hydrogen-bond donors (Lipinski definition) is 1. The largest absolute Gasteiger partial charge is 0.465 e. The lowest BCUT2D eigenvalue weighted by molar-refractivity contribution is -0.111. The molecular formula is C23H21N5O2. The second-order valence-electron chi connectivity index (χ2n) is 6.74. The fourth-order valence-electron chi connectivity index (χ4n) is 3.23. The molecule has 0 atom stereocenters. The fraction of sp³-hybridized carbons (Fsp3) is 0.130. The van der Waals surface area contributed by atoms with Gasteiger partial charge >= 0.3 is 0 Å². The number of para-hydroxylation sites is 1. The van der Waals surface area contributed by atoms with Gasteiger partial charge in [-0.1, -0.05) is 55.5 Å². The van der Waals surface area contributed by atoms with Gasteiger partial charge in [-0.05, 0) is 47.0 Å². The van der Waals surface area contributed by atoms with Crippen molar-refractivity contribution in [1.82, 2.24) is 20.2 Å². The van der Waals surface area contributed by atoms with Gasteiger partial charge in [0.25, 0.3) is 5.91 Å². The topological polar surface area (TPSA) is 85.8 Å². The number of tetrazole rings is 1. The average molecular weight is 399 g/mol. The quantitative estimate of drug-likeness (QED) is 0.485. The summed E-state index contributed by atoms with van der Waals surface area (Å²) in [6, 6.07) is 19.0. The van der Waals surface area contributed by atoms with Gasteiger partial charge in [0.1, 0.15) is 11.5 Å². The second kappa shape index (κ2) is 8.57. The highest BCUT2D eigenvalue weighted by molar-refractivity contribution is 6.24. The number of anilines is 1. The lowest BCUT2D eigenvalue weighted by atomic mass is 10.1. The number of nitrogens with zero attached hydrogens (tertiary/aromatic N) is 4. The molecule has 4 aromatic rings. The van der Waals surface area contributed by atoms with Crippen molar-refractivity contribution in [2.24, 2.45) is 0 Å². The Morgan fingerprint density at radius 2 is 1.93 bits per heavy atom. The molecule has 0 radical (unpaired) electrons. The van der Waals surface area contributed by atoms with Crippen LogP contribution in [-0.4, -0.2) is 26.1 Å². The number of benzene rings is 2. The summed E-state index contributed by atoms with van der Waals surface area (Å²) in [5.41, 5.74) is 3.88.